The third-order valence-corrected chi connectivity index (χ3v) is 5.41. The molecule has 0 spiro atoms. The minimum Gasteiger partial charge on any atom is -0.469 e. The zero-order valence-electron chi connectivity index (χ0n) is 16.5. The van der Waals surface area contributed by atoms with Gasteiger partial charge < -0.3 is 24.5 Å². The molecular formula is C20H34IN3O3. The molecule has 1 saturated heterocycles. The minimum atomic E-state index is -0.485. The highest BCUT2D eigenvalue weighted by atomic mass is 127. The molecule has 1 aliphatic heterocycles. The molecule has 154 valence electrons. The van der Waals surface area contributed by atoms with Crippen LogP contribution >= 0.6 is 24.0 Å². The number of rotatable bonds is 7. The Hall–Kier alpha value is -0.800. The molecule has 3 rings (SSSR count). The lowest BCUT2D eigenvalue weighted by atomic mass is 9.86. The number of nitrogens with zero attached hydrogens (tertiary/aromatic N) is 1. The van der Waals surface area contributed by atoms with Crippen molar-refractivity contribution in [3.63, 3.8) is 0 Å². The Labute approximate surface area is 179 Å². The second-order valence-corrected chi connectivity index (χ2v) is 7.58. The largest absolute Gasteiger partial charge is 0.469 e. The molecule has 27 heavy (non-hydrogen) atoms. The molecule has 1 aliphatic carbocycles. The standard InChI is InChI=1S/C20H33N3O3.HI/c1-16-6-3-4-8-18(16)23-19(21-11-9-17-7-5-13-24-17)22-12-10-20(2)25-14-15-26-20;/h5,7,13,16,18H,3-4,6,8-12,14-15H2,1-2H3,(H2,21,22,23);1H. The van der Waals surface area contributed by atoms with Gasteiger partial charge in [0.1, 0.15) is 5.76 Å². The summed E-state index contributed by atoms with van der Waals surface area (Å²) in [6, 6.07) is 4.42. The van der Waals surface area contributed by atoms with Crippen LogP contribution in [0.15, 0.2) is 27.8 Å². The zero-order valence-corrected chi connectivity index (χ0v) is 18.9. The quantitative estimate of drug-likeness (QED) is 0.346. The molecular weight excluding hydrogens is 457 g/mol. The molecule has 6 nitrogen and oxygen atoms in total. The van der Waals surface area contributed by atoms with Gasteiger partial charge in [-0.1, -0.05) is 19.8 Å². The molecule has 2 fully saturated rings. The van der Waals surface area contributed by atoms with Crippen LogP contribution in [-0.4, -0.2) is 44.1 Å². The Balaban J connectivity index is 0.00000261. The summed E-state index contributed by atoms with van der Waals surface area (Å²) in [5.41, 5.74) is 0. The van der Waals surface area contributed by atoms with Gasteiger partial charge in [-0.2, -0.15) is 0 Å². The average molecular weight is 491 g/mol. The van der Waals surface area contributed by atoms with Crippen LogP contribution in [0.3, 0.4) is 0 Å². The molecule has 2 unspecified atom stereocenters. The first-order chi connectivity index (χ1) is 12.6. The maximum Gasteiger partial charge on any atom is 0.191 e. The van der Waals surface area contributed by atoms with Crippen molar-refractivity contribution in [1.82, 2.24) is 10.6 Å². The van der Waals surface area contributed by atoms with E-state index in [2.05, 4.69) is 17.6 Å². The van der Waals surface area contributed by atoms with Crippen molar-refractivity contribution in [1.29, 1.82) is 0 Å². The minimum absolute atomic E-state index is 0. The van der Waals surface area contributed by atoms with Gasteiger partial charge in [0.25, 0.3) is 0 Å². The van der Waals surface area contributed by atoms with Crippen molar-refractivity contribution in [2.24, 2.45) is 10.9 Å². The van der Waals surface area contributed by atoms with Crippen LogP contribution in [0, 0.1) is 5.92 Å². The summed E-state index contributed by atoms with van der Waals surface area (Å²) in [7, 11) is 0. The molecule has 2 N–H and O–H groups in total. The van der Waals surface area contributed by atoms with Crippen LogP contribution in [0.2, 0.25) is 0 Å². The fourth-order valence-corrected chi connectivity index (χ4v) is 3.69. The van der Waals surface area contributed by atoms with Gasteiger partial charge in [0.05, 0.1) is 19.5 Å². The molecule has 0 aromatic carbocycles. The molecule has 1 saturated carbocycles. The molecule has 2 heterocycles. The van der Waals surface area contributed by atoms with E-state index in [0.717, 1.165) is 31.1 Å². The summed E-state index contributed by atoms with van der Waals surface area (Å²) in [5.74, 6) is 2.07. The fourth-order valence-electron chi connectivity index (χ4n) is 3.69. The van der Waals surface area contributed by atoms with E-state index < -0.39 is 5.79 Å². The molecule has 1 aromatic heterocycles. The maximum absolute atomic E-state index is 5.67. The number of hydrogen-bond acceptors (Lipinski definition) is 4. The predicted octanol–water partition coefficient (Wildman–Crippen LogP) is 3.71. The van der Waals surface area contributed by atoms with Crippen LogP contribution < -0.4 is 10.6 Å². The van der Waals surface area contributed by atoms with E-state index in [1.54, 1.807) is 6.26 Å². The SMILES string of the molecule is CC1CCCCC1NC(=NCCC1(C)OCCO1)NCCc1ccco1.I. The molecule has 7 heteroatoms. The van der Waals surface area contributed by atoms with E-state index in [1.165, 1.54) is 25.7 Å². The summed E-state index contributed by atoms with van der Waals surface area (Å²) in [6.45, 7) is 7.14. The average Bonchev–Trinajstić information content (AvgIpc) is 3.29. The Morgan fingerprint density at radius 1 is 1.26 bits per heavy atom. The first-order valence-corrected chi connectivity index (χ1v) is 10.00. The first kappa shape index (κ1) is 22.5. The monoisotopic (exact) mass is 491 g/mol. The van der Waals surface area contributed by atoms with Crippen molar-refractivity contribution < 1.29 is 13.9 Å². The lowest BCUT2D eigenvalue weighted by Crippen LogP contribution is -2.47. The summed E-state index contributed by atoms with van der Waals surface area (Å²) in [4.78, 5) is 4.78. The van der Waals surface area contributed by atoms with Crippen LogP contribution in [0.5, 0.6) is 0 Å². The van der Waals surface area contributed by atoms with Gasteiger partial charge >= 0.3 is 0 Å². The number of ether oxygens (including phenoxy) is 2. The fraction of sp³-hybridized carbons (Fsp3) is 0.750. The van der Waals surface area contributed by atoms with Gasteiger partial charge in [-0.3, -0.25) is 4.99 Å². The summed E-state index contributed by atoms with van der Waals surface area (Å²) >= 11 is 0. The molecule has 2 aliphatic rings. The van der Waals surface area contributed by atoms with Crippen molar-refractivity contribution in [2.75, 3.05) is 26.3 Å². The summed E-state index contributed by atoms with van der Waals surface area (Å²) < 4.78 is 16.8. The maximum atomic E-state index is 5.67. The highest BCUT2D eigenvalue weighted by Gasteiger charge is 2.30. The molecule has 2 atom stereocenters. The van der Waals surface area contributed by atoms with Gasteiger partial charge in [-0.25, -0.2) is 0 Å². The zero-order chi connectivity index (χ0) is 18.2. The van der Waals surface area contributed by atoms with Crippen LogP contribution in [-0.2, 0) is 15.9 Å². The van der Waals surface area contributed by atoms with E-state index in [0.29, 0.717) is 31.7 Å². The van der Waals surface area contributed by atoms with E-state index in [1.807, 2.05) is 19.1 Å². The van der Waals surface area contributed by atoms with Crippen LogP contribution in [0.4, 0.5) is 0 Å². The topological polar surface area (TPSA) is 68.0 Å². The van der Waals surface area contributed by atoms with E-state index >= 15 is 0 Å². The summed E-state index contributed by atoms with van der Waals surface area (Å²) in [6.07, 6.45) is 8.46. The highest BCUT2D eigenvalue weighted by Crippen LogP contribution is 2.24. The van der Waals surface area contributed by atoms with Crippen LogP contribution in [0.1, 0.15) is 51.7 Å². The van der Waals surface area contributed by atoms with Crippen molar-refractivity contribution in [3.8, 4) is 0 Å². The smallest absolute Gasteiger partial charge is 0.191 e. The Bertz CT molecular complexity index is 559. The second-order valence-electron chi connectivity index (χ2n) is 7.58. The highest BCUT2D eigenvalue weighted by molar-refractivity contribution is 14.0. The Morgan fingerprint density at radius 2 is 2.04 bits per heavy atom. The van der Waals surface area contributed by atoms with Gasteiger partial charge in [-0.05, 0) is 37.8 Å². The number of aliphatic imine (C=N–C) groups is 1. The normalized spacial score (nSPS) is 25.0. The third kappa shape index (κ3) is 7.27. The number of furan rings is 1. The second kappa shape index (κ2) is 11.3. The Morgan fingerprint density at radius 3 is 2.74 bits per heavy atom. The molecule has 0 amide bonds. The number of nitrogens with one attached hydrogen (secondary N) is 2. The molecule has 0 bridgehead atoms. The van der Waals surface area contributed by atoms with Crippen LogP contribution in [0.25, 0.3) is 0 Å². The number of halogens is 1. The van der Waals surface area contributed by atoms with Gasteiger partial charge in [0.15, 0.2) is 11.7 Å². The Kier molecular flexibility index (Phi) is 9.38. The van der Waals surface area contributed by atoms with Crippen molar-refractivity contribution >= 4 is 29.9 Å². The molecule has 1 aromatic rings. The summed E-state index contributed by atoms with van der Waals surface area (Å²) in [5, 5.41) is 7.11. The third-order valence-electron chi connectivity index (χ3n) is 5.41. The lowest BCUT2D eigenvalue weighted by molar-refractivity contribution is -0.144. The first-order valence-electron chi connectivity index (χ1n) is 10.00. The van der Waals surface area contributed by atoms with Crippen molar-refractivity contribution in [3.05, 3.63) is 24.2 Å². The van der Waals surface area contributed by atoms with E-state index in [-0.39, 0.29) is 24.0 Å². The van der Waals surface area contributed by atoms with Gasteiger partial charge in [0, 0.05) is 32.0 Å². The van der Waals surface area contributed by atoms with E-state index in [4.69, 9.17) is 18.9 Å². The molecule has 0 radical (unpaired) electrons. The lowest BCUT2D eigenvalue weighted by Gasteiger charge is -2.31. The van der Waals surface area contributed by atoms with Gasteiger partial charge in [-0.15, -0.1) is 24.0 Å². The van der Waals surface area contributed by atoms with Crippen molar-refractivity contribution in [2.45, 2.75) is 64.2 Å². The number of hydrogen-bond donors (Lipinski definition) is 2. The van der Waals surface area contributed by atoms with Gasteiger partial charge in [0.2, 0.25) is 0 Å². The predicted molar refractivity (Wildman–Crippen MR) is 118 cm³/mol. The number of guanidine groups is 1. The van der Waals surface area contributed by atoms with E-state index in [9.17, 15) is 0 Å².